The van der Waals surface area contributed by atoms with Crippen molar-refractivity contribution >= 4 is 5.82 Å². The molecule has 21 heavy (non-hydrogen) atoms. The van der Waals surface area contributed by atoms with E-state index >= 15 is 0 Å². The number of aryl methyl sites for hydroxylation is 2. The van der Waals surface area contributed by atoms with E-state index in [1.54, 1.807) is 0 Å². The number of aromatic nitrogens is 5. The Morgan fingerprint density at radius 1 is 1.10 bits per heavy atom. The zero-order chi connectivity index (χ0) is 15.6. The Bertz CT molecular complexity index is 624. The average Bonchev–Trinajstić information content (AvgIpc) is 2.89. The van der Waals surface area contributed by atoms with E-state index in [0.717, 1.165) is 42.0 Å². The summed E-state index contributed by atoms with van der Waals surface area (Å²) in [7, 11) is 1.86. The summed E-state index contributed by atoms with van der Waals surface area (Å²) in [5, 5.41) is 7.65. The molecule has 1 N–H and O–H groups in total. The molecule has 0 saturated heterocycles. The summed E-state index contributed by atoms with van der Waals surface area (Å²) < 4.78 is 1.83. The van der Waals surface area contributed by atoms with Crippen LogP contribution in [0.4, 0.5) is 5.82 Å². The molecule has 6 nitrogen and oxygen atoms in total. The Morgan fingerprint density at radius 3 is 2.33 bits per heavy atom. The predicted molar refractivity (Wildman–Crippen MR) is 84.0 cm³/mol. The Morgan fingerprint density at radius 2 is 1.81 bits per heavy atom. The topological polar surface area (TPSA) is 68.5 Å². The summed E-state index contributed by atoms with van der Waals surface area (Å²) >= 11 is 0. The van der Waals surface area contributed by atoms with Crippen molar-refractivity contribution in [1.29, 1.82) is 0 Å². The van der Waals surface area contributed by atoms with Gasteiger partial charge in [-0.3, -0.25) is 0 Å². The van der Waals surface area contributed by atoms with Crippen molar-refractivity contribution in [2.45, 2.75) is 52.9 Å². The van der Waals surface area contributed by atoms with Crippen LogP contribution in [0.5, 0.6) is 0 Å². The molecule has 2 rings (SSSR count). The molecule has 0 saturated carbocycles. The summed E-state index contributed by atoms with van der Waals surface area (Å²) in [6.07, 6.45) is 1.63. The van der Waals surface area contributed by atoms with Crippen LogP contribution in [0.3, 0.4) is 0 Å². The van der Waals surface area contributed by atoms with Crippen molar-refractivity contribution in [3.8, 4) is 5.82 Å². The van der Waals surface area contributed by atoms with Gasteiger partial charge in [-0.05, 0) is 0 Å². The van der Waals surface area contributed by atoms with Gasteiger partial charge >= 0.3 is 0 Å². The van der Waals surface area contributed by atoms with Gasteiger partial charge in [0.1, 0.15) is 17.5 Å². The summed E-state index contributed by atoms with van der Waals surface area (Å²) in [6, 6.07) is 1.91. The van der Waals surface area contributed by atoms with E-state index in [9.17, 15) is 0 Å². The average molecular weight is 288 g/mol. The van der Waals surface area contributed by atoms with Gasteiger partial charge < -0.3 is 5.32 Å². The lowest BCUT2D eigenvalue weighted by atomic mass is 9.96. The maximum atomic E-state index is 4.69. The van der Waals surface area contributed by atoms with E-state index in [0.29, 0.717) is 0 Å². The van der Waals surface area contributed by atoms with Crippen LogP contribution in [0.1, 0.15) is 52.1 Å². The van der Waals surface area contributed by atoms with Gasteiger partial charge in [-0.25, -0.2) is 15.0 Å². The highest BCUT2D eigenvalue weighted by Gasteiger charge is 2.20. The Balaban J connectivity index is 2.60. The molecule has 0 aliphatic heterocycles. The Hall–Kier alpha value is -1.98. The second kappa shape index (κ2) is 5.79. The number of anilines is 1. The van der Waals surface area contributed by atoms with Gasteiger partial charge in [-0.2, -0.15) is 4.68 Å². The fourth-order valence-corrected chi connectivity index (χ4v) is 1.96. The van der Waals surface area contributed by atoms with Gasteiger partial charge in [0, 0.05) is 31.4 Å². The van der Waals surface area contributed by atoms with Crippen LogP contribution in [0, 0.1) is 0 Å². The number of rotatable bonds is 4. The van der Waals surface area contributed by atoms with Crippen LogP contribution >= 0.6 is 0 Å². The van der Waals surface area contributed by atoms with Crippen LogP contribution in [-0.4, -0.2) is 31.8 Å². The van der Waals surface area contributed by atoms with Crippen molar-refractivity contribution in [2.24, 2.45) is 0 Å². The number of hydrogen-bond donors (Lipinski definition) is 1. The zero-order valence-corrected chi connectivity index (χ0v) is 13.7. The minimum atomic E-state index is -0.123. The van der Waals surface area contributed by atoms with E-state index in [2.05, 4.69) is 60.0 Å². The molecule has 0 atom stereocenters. The van der Waals surface area contributed by atoms with Gasteiger partial charge in [-0.1, -0.05) is 34.6 Å². The first kappa shape index (κ1) is 15.4. The van der Waals surface area contributed by atoms with Crippen LogP contribution in [0.15, 0.2) is 6.07 Å². The minimum absolute atomic E-state index is 0.123. The third-order valence-corrected chi connectivity index (χ3v) is 3.21. The molecular weight excluding hydrogens is 264 g/mol. The highest BCUT2D eigenvalue weighted by Crippen LogP contribution is 2.22. The van der Waals surface area contributed by atoms with E-state index in [4.69, 9.17) is 0 Å². The SMILES string of the molecule is CCc1nc(CC)n(-c2cc(NC)nc(C(C)(C)C)n2)n1. The molecule has 2 heterocycles. The smallest absolute Gasteiger partial charge is 0.161 e. The largest absolute Gasteiger partial charge is 0.373 e. The van der Waals surface area contributed by atoms with Crippen molar-refractivity contribution in [3.05, 3.63) is 23.5 Å². The second-order valence-electron chi connectivity index (χ2n) is 6.00. The Kier molecular flexibility index (Phi) is 4.25. The summed E-state index contributed by atoms with van der Waals surface area (Å²) in [5.74, 6) is 4.12. The van der Waals surface area contributed by atoms with Gasteiger partial charge in [0.15, 0.2) is 11.6 Å². The third-order valence-electron chi connectivity index (χ3n) is 3.21. The van der Waals surface area contributed by atoms with Gasteiger partial charge in [-0.15, -0.1) is 5.10 Å². The summed E-state index contributed by atoms with van der Waals surface area (Å²) in [4.78, 5) is 13.8. The minimum Gasteiger partial charge on any atom is -0.373 e. The van der Waals surface area contributed by atoms with Gasteiger partial charge in [0.25, 0.3) is 0 Å². The molecule has 2 aromatic rings. The summed E-state index contributed by atoms with van der Waals surface area (Å²) in [5.41, 5.74) is -0.123. The lowest BCUT2D eigenvalue weighted by molar-refractivity contribution is 0.542. The molecule has 114 valence electrons. The van der Waals surface area contributed by atoms with E-state index < -0.39 is 0 Å². The standard InChI is InChI=1S/C15H24N6/c1-7-10-17-12(8-2)21(20-10)13-9-11(16-6)18-14(19-13)15(3,4)5/h9H,7-8H2,1-6H3,(H,16,18,19). The van der Waals surface area contributed by atoms with Crippen molar-refractivity contribution in [3.63, 3.8) is 0 Å². The first-order chi connectivity index (χ1) is 9.88. The van der Waals surface area contributed by atoms with Gasteiger partial charge in [0.2, 0.25) is 0 Å². The van der Waals surface area contributed by atoms with Crippen LogP contribution in [0.25, 0.3) is 5.82 Å². The molecule has 2 aromatic heterocycles. The van der Waals surface area contributed by atoms with E-state index in [1.807, 2.05) is 17.8 Å². The molecule has 0 fully saturated rings. The number of nitrogens with zero attached hydrogens (tertiary/aromatic N) is 5. The quantitative estimate of drug-likeness (QED) is 0.936. The molecule has 0 spiro atoms. The van der Waals surface area contributed by atoms with Crippen molar-refractivity contribution in [2.75, 3.05) is 12.4 Å². The number of hydrogen-bond acceptors (Lipinski definition) is 5. The second-order valence-corrected chi connectivity index (χ2v) is 6.00. The van der Waals surface area contributed by atoms with Gasteiger partial charge in [0.05, 0.1) is 0 Å². The fraction of sp³-hybridized carbons (Fsp3) is 0.600. The summed E-state index contributed by atoms with van der Waals surface area (Å²) in [6.45, 7) is 10.4. The maximum absolute atomic E-state index is 4.69. The molecule has 0 aliphatic carbocycles. The molecular formula is C15H24N6. The molecule has 6 heteroatoms. The first-order valence-electron chi connectivity index (χ1n) is 7.41. The van der Waals surface area contributed by atoms with Crippen molar-refractivity contribution < 1.29 is 0 Å². The fourth-order valence-electron chi connectivity index (χ4n) is 1.96. The monoisotopic (exact) mass is 288 g/mol. The first-order valence-corrected chi connectivity index (χ1v) is 7.41. The Labute approximate surface area is 126 Å². The van der Waals surface area contributed by atoms with Crippen LogP contribution in [-0.2, 0) is 18.3 Å². The van der Waals surface area contributed by atoms with Crippen LogP contribution < -0.4 is 5.32 Å². The normalized spacial score (nSPS) is 11.7. The predicted octanol–water partition coefficient (Wildman–Crippen LogP) is 2.52. The molecule has 0 radical (unpaired) electrons. The van der Waals surface area contributed by atoms with E-state index in [-0.39, 0.29) is 5.41 Å². The lowest BCUT2D eigenvalue weighted by Gasteiger charge is -2.18. The number of nitrogens with one attached hydrogen (secondary N) is 1. The maximum Gasteiger partial charge on any atom is 0.161 e. The molecule has 0 amide bonds. The molecule has 0 bridgehead atoms. The molecule has 0 aliphatic rings. The van der Waals surface area contributed by atoms with E-state index in [1.165, 1.54) is 0 Å². The lowest BCUT2D eigenvalue weighted by Crippen LogP contribution is -2.19. The van der Waals surface area contributed by atoms with Crippen LogP contribution in [0.2, 0.25) is 0 Å². The molecule has 0 unspecified atom stereocenters. The third kappa shape index (κ3) is 3.20. The highest BCUT2D eigenvalue weighted by molar-refractivity contribution is 5.42. The highest BCUT2D eigenvalue weighted by atomic mass is 15.4. The van der Waals surface area contributed by atoms with Crippen molar-refractivity contribution in [1.82, 2.24) is 24.7 Å². The zero-order valence-electron chi connectivity index (χ0n) is 13.7. The molecule has 0 aromatic carbocycles.